The Hall–Kier alpha value is -1.87. The Morgan fingerprint density at radius 2 is 2.21 bits per heavy atom. The number of halogens is 1. The van der Waals surface area contributed by atoms with Gasteiger partial charge in [0, 0.05) is 19.2 Å². The lowest BCUT2D eigenvalue weighted by atomic mass is 10.3. The van der Waals surface area contributed by atoms with Crippen molar-refractivity contribution in [2.75, 3.05) is 6.54 Å². The predicted octanol–water partition coefficient (Wildman–Crippen LogP) is 0.250. The van der Waals surface area contributed by atoms with Crippen LogP contribution >= 0.6 is 0 Å². The minimum absolute atomic E-state index is 0.166. The van der Waals surface area contributed by atoms with Gasteiger partial charge in [-0.3, -0.25) is 5.10 Å². The number of nitrogens with one attached hydrogen (secondary N) is 2. The lowest BCUT2D eigenvalue weighted by Gasteiger charge is -2.05. The van der Waals surface area contributed by atoms with Gasteiger partial charge in [-0.25, -0.2) is 27.5 Å². The summed E-state index contributed by atoms with van der Waals surface area (Å²) in [6.45, 7) is 0.166. The molecule has 2 rings (SSSR count). The van der Waals surface area contributed by atoms with Gasteiger partial charge in [0.05, 0.1) is 0 Å². The van der Waals surface area contributed by atoms with E-state index >= 15 is 0 Å². The van der Waals surface area contributed by atoms with E-state index in [2.05, 4.69) is 24.9 Å². The van der Waals surface area contributed by atoms with Crippen molar-refractivity contribution < 1.29 is 12.8 Å². The molecule has 0 unspecified atom stereocenters. The van der Waals surface area contributed by atoms with Crippen molar-refractivity contribution in [3.05, 3.63) is 36.3 Å². The summed E-state index contributed by atoms with van der Waals surface area (Å²) < 4.78 is 39.1. The van der Waals surface area contributed by atoms with Gasteiger partial charge in [-0.1, -0.05) is 0 Å². The van der Waals surface area contributed by atoms with Gasteiger partial charge in [0.15, 0.2) is 5.82 Å². The molecule has 0 saturated carbocycles. The molecule has 0 aliphatic rings. The van der Waals surface area contributed by atoms with Crippen molar-refractivity contribution in [1.29, 1.82) is 0 Å². The second kappa shape index (κ2) is 5.85. The molecular formula is C10H12FN5O2S. The van der Waals surface area contributed by atoms with E-state index in [9.17, 15) is 12.8 Å². The van der Waals surface area contributed by atoms with Gasteiger partial charge in [-0.15, -0.1) is 0 Å². The number of pyridine rings is 1. The maximum absolute atomic E-state index is 13.3. The van der Waals surface area contributed by atoms with Gasteiger partial charge in [0.25, 0.3) is 10.0 Å². The molecule has 0 aliphatic carbocycles. The zero-order valence-corrected chi connectivity index (χ0v) is 10.7. The van der Waals surface area contributed by atoms with Gasteiger partial charge in [0.2, 0.25) is 5.03 Å². The standard InChI is InChI=1S/C10H12FN5O2S/c11-8-3-1-5-12-10(8)19(17,18)15-6-2-4-9-13-7-14-16-9/h1,3,5,7,15H,2,4,6H2,(H,13,14,16). The molecule has 2 aromatic rings. The van der Waals surface area contributed by atoms with Crippen molar-refractivity contribution >= 4 is 10.0 Å². The summed E-state index contributed by atoms with van der Waals surface area (Å²) in [5.74, 6) is -0.201. The van der Waals surface area contributed by atoms with Gasteiger partial charge in [-0.2, -0.15) is 5.10 Å². The molecule has 0 aromatic carbocycles. The fourth-order valence-electron chi connectivity index (χ4n) is 1.45. The van der Waals surface area contributed by atoms with Crippen LogP contribution in [0.3, 0.4) is 0 Å². The molecule has 0 aliphatic heterocycles. The second-order valence-electron chi connectivity index (χ2n) is 3.72. The summed E-state index contributed by atoms with van der Waals surface area (Å²) in [5.41, 5.74) is 0. The van der Waals surface area contributed by atoms with Gasteiger partial charge in [-0.05, 0) is 18.6 Å². The number of nitrogens with zero attached hydrogens (tertiary/aromatic N) is 3. The zero-order chi connectivity index (χ0) is 13.7. The molecule has 0 saturated heterocycles. The van der Waals surface area contributed by atoms with Gasteiger partial charge in [0.1, 0.15) is 12.2 Å². The van der Waals surface area contributed by atoms with Crippen molar-refractivity contribution in [1.82, 2.24) is 24.9 Å². The third-order valence-electron chi connectivity index (χ3n) is 2.33. The number of sulfonamides is 1. The quantitative estimate of drug-likeness (QED) is 0.741. The van der Waals surface area contributed by atoms with E-state index < -0.39 is 20.9 Å². The summed E-state index contributed by atoms with van der Waals surface area (Å²) in [7, 11) is -3.91. The van der Waals surface area contributed by atoms with Crippen molar-refractivity contribution in [3.63, 3.8) is 0 Å². The SMILES string of the molecule is O=S(=O)(NCCCc1ncn[nH]1)c1ncccc1F. The number of H-pyrrole nitrogens is 1. The number of hydrogen-bond donors (Lipinski definition) is 2. The molecule has 0 radical (unpaired) electrons. The highest BCUT2D eigenvalue weighted by molar-refractivity contribution is 7.89. The van der Waals surface area contributed by atoms with Gasteiger partial charge >= 0.3 is 0 Å². The van der Waals surface area contributed by atoms with E-state index in [1.165, 1.54) is 18.6 Å². The first-order valence-electron chi connectivity index (χ1n) is 5.54. The highest BCUT2D eigenvalue weighted by Gasteiger charge is 2.19. The van der Waals surface area contributed by atoms with Crippen LogP contribution in [0, 0.1) is 5.82 Å². The zero-order valence-electron chi connectivity index (χ0n) is 9.88. The molecule has 2 N–H and O–H groups in total. The number of hydrogen-bond acceptors (Lipinski definition) is 5. The Bertz CT molecular complexity index is 629. The highest BCUT2D eigenvalue weighted by atomic mass is 32.2. The second-order valence-corrected chi connectivity index (χ2v) is 5.41. The Morgan fingerprint density at radius 3 is 2.89 bits per heavy atom. The van der Waals surface area contributed by atoms with E-state index in [0.29, 0.717) is 18.7 Å². The number of aromatic nitrogens is 4. The topological polar surface area (TPSA) is 101 Å². The summed E-state index contributed by atoms with van der Waals surface area (Å²) in [6.07, 6.45) is 3.67. The average Bonchev–Trinajstić information content (AvgIpc) is 2.88. The molecule has 0 atom stereocenters. The molecule has 0 fully saturated rings. The fraction of sp³-hybridized carbons (Fsp3) is 0.300. The first kappa shape index (κ1) is 13.6. The summed E-state index contributed by atoms with van der Waals surface area (Å²) in [6, 6.07) is 2.38. The van der Waals surface area contributed by atoms with Crippen LogP contribution in [0.1, 0.15) is 12.2 Å². The molecular weight excluding hydrogens is 273 g/mol. The molecule has 0 bridgehead atoms. The van der Waals surface area contributed by atoms with Crippen LogP contribution in [-0.2, 0) is 16.4 Å². The van der Waals surface area contributed by atoms with E-state index in [1.807, 2.05) is 0 Å². The summed E-state index contributed by atoms with van der Waals surface area (Å²) in [4.78, 5) is 7.43. The number of aryl methyl sites for hydroxylation is 1. The Morgan fingerprint density at radius 1 is 1.37 bits per heavy atom. The lowest BCUT2D eigenvalue weighted by Crippen LogP contribution is -2.27. The van der Waals surface area contributed by atoms with E-state index in [-0.39, 0.29) is 6.54 Å². The highest BCUT2D eigenvalue weighted by Crippen LogP contribution is 2.09. The third-order valence-corrected chi connectivity index (χ3v) is 3.72. The van der Waals surface area contributed by atoms with Crippen LogP contribution < -0.4 is 4.72 Å². The van der Waals surface area contributed by atoms with Crippen LogP contribution in [0.4, 0.5) is 4.39 Å². The molecule has 7 nitrogen and oxygen atoms in total. The summed E-state index contributed by atoms with van der Waals surface area (Å²) >= 11 is 0. The number of aromatic amines is 1. The third kappa shape index (κ3) is 3.55. The minimum atomic E-state index is -3.91. The lowest BCUT2D eigenvalue weighted by molar-refractivity contribution is 0.543. The first-order chi connectivity index (χ1) is 9.09. The van der Waals surface area contributed by atoms with E-state index in [1.54, 1.807) is 0 Å². The van der Waals surface area contributed by atoms with Crippen molar-refractivity contribution in [2.45, 2.75) is 17.9 Å². The molecule has 2 heterocycles. The van der Waals surface area contributed by atoms with Crippen LogP contribution in [0.15, 0.2) is 29.7 Å². The molecule has 0 amide bonds. The minimum Gasteiger partial charge on any atom is -0.263 e. The van der Waals surface area contributed by atoms with Crippen molar-refractivity contribution in [2.24, 2.45) is 0 Å². The van der Waals surface area contributed by atoms with E-state index in [4.69, 9.17) is 0 Å². The fourth-order valence-corrected chi connectivity index (χ4v) is 2.53. The predicted molar refractivity (Wildman–Crippen MR) is 64.1 cm³/mol. The molecule has 19 heavy (non-hydrogen) atoms. The molecule has 9 heteroatoms. The van der Waals surface area contributed by atoms with Crippen LogP contribution in [0.5, 0.6) is 0 Å². The average molecular weight is 285 g/mol. The van der Waals surface area contributed by atoms with E-state index in [0.717, 1.165) is 6.07 Å². The molecule has 2 aromatic heterocycles. The summed E-state index contributed by atoms with van der Waals surface area (Å²) in [5, 5.41) is 5.75. The molecule has 0 spiro atoms. The Labute approximate surface area is 109 Å². The Balaban J connectivity index is 1.90. The monoisotopic (exact) mass is 285 g/mol. The maximum atomic E-state index is 13.3. The normalized spacial score (nSPS) is 11.6. The maximum Gasteiger partial charge on any atom is 0.261 e. The van der Waals surface area contributed by atoms with Crippen LogP contribution in [-0.4, -0.2) is 35.1 Å². The first-order valence-corrected chi connectivity index (χ1v) is 7.02. The van der Waals surface area contributed by atoms with Crippen LogP contribution in [0.2, 0.25) is 0 Å². The molecule has 102 valence electrons. The number of rotatable bonds is 6. The largest absolute Gasteiger partial charge is 0.263 e. The Kier molecular flexibility index (Phi) is 4.17. The van der Waals surface area contributed by atoms with Crippen molar-refractivity contribution in [3.8, 4) is 0 Å². The van der Waals surface area contributed by atoms with Crippen LogP contribution in [0.25, 0.3) is 0 Å². The van der Waals surface area contributed by atoms with Gasteiger partial charge < -0.3 is 0 Å². The smallest absolute Gasteiger partial charge is 0.261 e.